The smallest absolute Gasteiger partial charge is 0.147 e. The van der Waals surface area contributed by atoms with Crippen molar-refractivity contribution in [3.05, 3.63) is 23.8 Å². The van der Waals surface area contributed by atoms with Crippen molar-refractivity contribution in [2.45, 2.75) is 5.02 Å². The molecule has 1 aromatic carbocycles. The van der Waals surface area contributed by atoms with Crippen LogP contribution in [-0.4, -0.2) is 14.2 Å². The maximum Gasteiger partial charge on any atom is -0.147 e. The second-order valence-corrected chi connectivity index (χ2v) is 3.45. The van der Waals surface area contributed by atoms with Crippen molar-refractivity contribution in [3.63, 3.8) is 0 Å². The molecule has 69 valence electrons. The van der Waals surface area contributed by atoms with Gasteiger partial charge in [0.05, 0.1) is 0 Å². The third-order valence-corrected chi connectivity index (χ3v) is 2.88. The number of benzene rings is 1. The monoisotopic (exact) mass is 251 g/mol. The second kappa shape index (κ2) is 6.23. The van der Waals surface area contributed by atoms with Crippen LogP contribution in [0.15, 0.2) is 18.2 Å². The van der Waals surface area contributed by atoms with E-state index in [0.717, 1.165) is 16.5 Å². The fraction of sp³-hybridized carbons (Fsp3) is 0.333. The fourth-order valence-electron chi connectivity index (χ4n) is 1.15. The molecule has 13 heavy (non-hydrogen) atoms. The molecule has 1 aromatic rings. The van der Waals surface area contributed by atoms with E-state index in [0.29, 0.717) is 0 Å². The van der Waals surface area contributed by atoms with E-state index < -0.39 is 0 Å². The van der Waals surface area contributed by atoms with Crippen LogP contribution < -0.4 is 9.47 Å². The van der Waals surface area contributed by atoms with Gasteiger partial charge < -0.3 is 0 Å². The zero-order valence-corrected chi connectivity index (χ0v) is 11.7. The maximum atomic E-state index is 5.25. The van der Waals surface area contributed by atoms with Gasteiger partial charge in [0, 0.05) is 0 Å². The summed E-state index contributed by atoms with van der Waals surface area (Å²) in [5.74, 6) is 1.70. The molecule has 0 atom stereocenters. The van der Waals surface area contributed by atoms with Crippen LogP contribution in [0.2, 0.25) is 0 Å². The van der Waals surface area contributed by atoms with Crippen molar-refractivity contribution in [2.24, 2.45) is 0 Å². The molecule has 4 heteroatoms. The first kappa shape index (κ1) is 12.7. The predicted octanol–water partition coefficient (Wildman–Crippen LogP) is 2.17. The Morgan fingerprint density at radius 1 is 1.23 bits per heavy atom. The predicted molar refractivity (Wildman–Crippen MR) is 50.5 cm³/mol. The Bertz CT molecular complexity index is 244. The molecule has 0 spiro atoms. The first-order valence-corrected chi connectivity index (χ1v) is 5.92. The van der Waals surface area contributed by atoms with E-state index in [1.54, 1.807) is 14.2 Å². The Balaban J connectivity index is 0.00000144. The van der Waals surface area contributed by atoms with E-state index in [1.165, 1.54) is 23.9 Å². The van der Waals surface area contributed by atoms with E-state index in [4.69, 9.17) is 9.47 Å². The van der Waals surface area contributed by atoms with Crippen LogP contribution in [-0.2, 0) is 23.3 Å². The number of halogens is 1. The molecule has 0 saturated carbocycles. The van der Waals surface area contributed by atoms with Crippen LogP contribution in [0.25, 0.3) is 0 Å². The molecule has 0 N–H and O–H groups in total. The molecule has 0 radical (unpaired) electrons. The van der Waals surface area contributed by atoms with Gasteiger partial charge in [-0.3, -0.25) is 0 Å². The number of para-hydroxylation sites is 1. The fourth-order valence-corrected chi connectivity index (χ4v) is 1.98. The van der Waals surface area contributed by atoms with Gasteiger partial charge >= 0.3 is 82.3 Å². The first-order valence-electron chi connectivity index (χ1n) is 3.82. The molecule has 0 aliphatic heterocycles. The summed E-state index contributed by atoms with van der Waals surface area (Å²) in [4.78, 5) is 0. The standard InChI is InChI=1S/C9H11O2.ClH.Zn/c1-7-5-4-6-8(10-2)9(7)11-3;;/h4-6H,1H2,2-3H3;1H;. The molecule has 0 aliphatic carbocycles. The summed E-state index contributed by atoms with van der Waals surface area (Å²) in [6.07, 6.45) is 0. The van der Waals surface area contributed by atoms with E-state index in [-0.39, 0.29) is 12.4 Å². The average Bonchev–Trinajstić information content (AvgIpc) is 2.16. The number of methoxy groups -OCH3 is 2. The summed E-state index contributed by atoms with van der Waals surface area (Å²) in [6.45, 7) is 0. The van der Waals surface area contributed by atoms with Gasteiger partial charge in [-0.05, 0) is 0 Å². The third kappa shape index (κ3) is 2.85. The Hall–Kier alpha value is -0.267. The van der Waals surface area contributed by atoms with Crippen molar-refractivity contribution in [1.29, 1.82) is 0 Å². The number of ether oxygens (including phenoxy) is 2. The van der Waals surface area contributed by atoms with Gasteiger partial charge in [-0.15, -0.1) is 12.4 Å². The Labute approximate surface area is 94.7 Å². The summed E-state index contributed by atoms with van der Waals surface area (Å²) in [5, 5.41) is 1.08. The van der Waals surface area contributed by atoms with E-state index in [9.17, 15) is 0 Å². The molecule has 0 aromatic heterocycles. The molecule has 1 rings (SSSR count). The zero-order valence-electron chi connectivity index (χ0n) is 7.87. The van der Waals surface area contributed by atoms with Crippen LogP contribution in [0.4, 0.5) is 0 Å². The Morgan fingerprint density at radius 3 is 2.38 bits per heavy atom. The number of rotatable bonds is 3. The molecular formula is C9H12ClO2Zn. The van der Waals surface area contributed by atoms with Crippen molar-refractivity contribution in [2.75, 3.05) is 14.2 Å². The van der Waals surface area contributed by atoms with Crippen LogP contribution in [0.5, 0.6) is 11.5 Å². The normalized spacial score (nSPS) is 8.92. The van der Waals surface area contributed by atoms with Crippen LogP contribution in [0.3, 0.4) is 0 Å². The van der Waals surface area contributed by atoms with Crippen molar-refractivity contribution in [3.8, 4) is 11.5 Å². The van der Waals surface area contributed by atoms with Crippen molar-refractivity contribution < 1.29 is 27.8 Å². The quantitative estimate of drug-likeness (QED) is 0.768. The summed E-state index contributed by atoms with van der Waals surface area (Å²) in [7, 11) is 3.34. The van der Waals surface area contributed by atoms with Gasteiger partial charge in [-0.1, -0.05) is 0 Å². The summed E-state index contributed by atoms with van der Waals surface area (Å²) in [6, 6.07) is 5.98. The topological polar surface area (TPSA) is 18.5 Å². The molecule has 0 amide bonds. The largest absolute Gasteiger partial charge is 0.147 e. The summed E-state index contributed by atoms with van der Waals surface area (Å²) < 4.78 is 10.4. The Morgan fingerprint density at radius 2 is 1.92 bits per heavy atom. The molecule has 0 aliphatic rings. The van der Waals surface area contributed by atoms with Crippen LogP contribution in [0.1, 0.15) is 5.56 Å². The van der Waals surface area contributed by atoms with Crippen molar-refractivity contribution >= 4 is 12.4 Å². The first-order chi connectivity index (χ1) is 5.83. The van der Waals surface area contributed by atoms with Gasteiger partial charge in [-0.2, -0.15) is 0 Å². The maximum absolute atomic E-state index is 5.25. The number of hydrogen-bond donors (Lipinski definition) is 0. The van der Waals surface area contributed by atoms with Gasteiger partial charge in [0.1, 0.15) is 0 Å². The molecule has 0 saturated heterocycles. The van der Waals surface area contributed by atoms with Gasteiger partial charge in [0.2, 0.25) is 0 Å². The summed E-state index contributed by atoms with van der Waals surface area (Å²) >= 11 is 1.24. The minimum atomic E-state index is 0. The van der Waals surface area contributed by atoms with E-state index in [1.807, 2.05) is 12.1 Å². The minimum absolute atomic E-state index is 0. The summed E-state index contributed by atoms with van der Waals surface area (Å²) in [5.41, 5.74) is 1.23. The number of hydrogen-bond acceptors (Lipinski definition) is 2. The molecular weight excluding hydrogens is 241 g/mol. The van der Waals surface area contributed by atoms with E-state index >= 15 is 0 Å². The molecule has 0 bridgehead atoms. The zero-order chi connectivity index (χ0) is 8.97. The minimum Gasteiger partial charge on any atom is -0.147 e. The van der Waals surface area contributed by atoms with E-state index in [2.05, 4.69) is 6.07 Å². The van der Waals surface area contributed by atoms with Crippen LogP contribution in [0, 0.1) is 0 Å². The molecule has 0 heterocycles. The molecule has 0 unspecified atom stereocenters. The van der Waals surface area contributed by atoms with Crippen molar-refractivity contribution in [1.82, 2.24) is 0 Å². The molecule has 0 fully saturated rings. The SMILES string of the molecule is COc1cccc([CH2][Zn])c1OC.Cl. The second-order valence-electron chi connectivity index (χ2n) is 2.40. The average molecular weight is 253 g/mol. The van der Waals surface area contributed by atoms with Gasteiger partial charge in [0.15, 0.2) is 0 Å². The van der Waals surface area contributed by atoms with Gasteiger partial charge in [0.25, 0.3) is 0 Å². The van der Waals surface area contributed by atoms with Gasteiger partial charge in [-0.25, -0.2) is 0 Å². The Kier molecular flexibility index (Phi) is 6.10. The third-order valence-electron chi connectivity index (χ3n) is 1.75. The molecule has 2 nitrogen and oxygen atoms in total. The van der Waals surface area contributed by atoms with Crippen LogP contribution >= 0.6 is 12.4 Å².